The fraction of sp³-hybridized carbons (Fsp3) is 0.976. The molecule has 0 rings (SSSR count). The molecular weight excluding hydrogens is 504 g/mol. The summed E-state index contributed by atoms with van der Waals surface area (Å²) in [7, 11) is 0. The molecule has 0 aliphatic rings. The molecule has 0 aromatic rings. The average molecular weight is 590 g/mol. The van der Waals surface area contributed by atoms with Gasteiger partial charge in [-0.2, -0.15) is 0 Å². The second kappa shape index (κ2) is 39.0. The van der Waals surface area contributed by atoms with E-state index in [9.17, 15) is 0 Å². The van der Waals surface area contributed by atoms with Crippen LogP contribution in [0, 0.1) is 5.92 Å². The van der Waals surface area contributed by atoms with Gasteiger partial charge in [-0.25, -0.2) is 0 Å². The van der Waals surface area contributed by atoms with E-state index in [0.29, 0.717) is 0 Å². The molecule has 0 nitrogen and oxygen atoms in total. The summed E-state index contributed by atoms with van der Waals surface area (Å²) in [6, 6.07) is 0. The second-order valence-corrected chi connectivity index (χ2v) is 14.3. The minimum absolute atomic E-state index is 1.37. The van der Waals surface area contributed by atoms with Gasteiger partial charge in [-0.1, -0.05) is 245 Å². The molecule has 0 spiro atoms. The number of hydrogen-bond acceptors (Lipinski definition) is 0. The maximum Gasteiger partial charge on any atom is -0.0241 e. The summed E-state index contributed by atoms with van der Waals surface area (Å²) in [6.45, 7) is 6.96. The summed E-state index contributed by atoms with van der Waals surface area (Å²) in [5, 5.41) is 0. The molecule has 0 aromatic heterocycles. The van der Waals surface area contributed by atoms with Gasteiger partial charge in [0.15, 0.2) is 0 Å². The topological polar surface area (TPSA) is 0 Å². The molecule has 0 bridgehead atoms. The van der Waals surface area contributed by atoms with E-state index < -0.39 is 0 Å². The Balaban J connectivity index is 3.88. The van der Waals surface area contributed by atoms with Gasteiger partial charge in [-0.3, -0.25) is 0 Å². The normalized spacial score (nSPS) is 11.7. The highest BCUT2D eigenvalue weighted by Gasteiger charge is 2.09. The van der Waals surface area contributed by atoms with Gasteiger partial charge in [-0.15, -0.1) is 0 Å². The second-order valence-electron chi connectivity index (χ2n) is 14.3. The molecule has 0 atom stereocenters. The number of unbranched alkanes of at least 4 members (excludes halogenated alkanes) is 32. The lowest BCUT2D eigenvalue weighted by Crippen LogP contribution is -1.99. The highest BCUT2D eigenvalue weighted by Crippen LogP contribution is 2.27. The quantitative estimate of drug-likeness (QED) is 0.0628. The molecule has 0 aliphatic carbocycles. The smallest absolute Gasteiger partial charge is 0.0241 e. The zero-order valence-electron chi connectivity index (χ0n) is 30.4. The Morgan fingerprint density at radius 3 is 0.500 bits per heavy atom. The van der Waals surface area contributed by atoms with Crippen LogP contribution < -0.4 is 0 Å². The summed E-state index contributed by atoms with van der Waals surface area (Å²) in [4.78, 5) is 0. The van der Waals surface area contributed by atoms with Gasteiger partial charge >= 0.3 is 0 Å². The third-order valence-electron chi connectivity index (χ3n) is 9.90. The van der Waals surface area contributed by atoms with Crippen molar-refractivity contribution < 1.29 is 0 Å². The van der Waals surface area contributed by atoms with Crippen LogP contribution in [-0.4, -0.2) is 0 Å². The fourth-order valence-electron chi connectivity index (χ4n) is 6.85. The Kier molecular flexibility index (Phi) is 39.0. The molecule has 253 valence electrons. The van der Waals surface area contributed by atoms with Crippen LogP contribution in [0.3, 0.4) is 0 Å². The van der Waals surface area contributed by atoms with Crippen LogP contribution in [-0.2, 0) is 0 Å². The van der Waals surface area contributed by atoms with E-state index in [0.717, 1.165) is 0 Å². The number of hydrogen-bond donors (Lipinski definition) is 0. The van der Waals surface area contributed by atoms with Crippen LogP contribution in [0.4, 0.5) is 0 Å². The summed E-state index contributed by atoms with van der Waals surface area (Å²) >= 11 is 0. The first-order chi connectivity index (χ1) is 20.8. The van der Waals surface area contributed by atoms with Crippen molar-refractivity contribution in [1.29, 1.82) is 0 Å². The SMILES string of the molecule is CCCCCCCCCCCCCCC[C](CCCCCCCCCCCC)CCCCCCCCCCCCCC. The first-order valence-electron chi connectivity index (χ1n) is 20.7. The maximum atomic E-state index is 2.32. The highest BCUT2D eigenvalue weighted by atomic mass is 14.1. The van der Waals surface area contributed by atoms with E-state index in [1.54, 1.807) is 0 Å². The van der Waals surface area contributed by atoms with E-state index in [2.05, 4.69) is 20.8 Å². The lowest BCUT2D eigenvalue weighted by Gasteiger charge is -2.16. The number of rotatable bonds is 38. The third-order valence-corrected chi connectivity index (χ3v) is 9.90. The zero-order chi connectivity index (χ0) is 30.4. The zero-order valence-corrected chi connectivity index (χ0v) is 30.4. The van der Waals surface area contributed by atoms with Gasteiger partial charge in [-0.05, 0) is 25.2 Å². The van der Waals surface area contributed by atoms with Crippen molar-refractivity contribution >= 4 is 0 Å². The van der Waals surface area contributed by atoms with E-state index >= 15 is 0 Å². The Labute approximate surface area is 270 Å². The van der Waals surface area contributed by atoms with Crippen molar-refractivity contribution in [3.05, 3.63) is 5.92 Å². The fourth-order valence-corrected chi connectivity index (χ4v) is 6.85. The van der Waals surface area contributed by atoms with Gasteiger partial charge in [0.05, 0.1) is 0 Å². The minimum Gasteiger partial charge on any atom is -0.0654 e. The van der Waals surface area contributed by atoms with Crippen LogP contribution in [0.15, 0.2) is 0 Å². The van der Waals surface area contributed by atoms with Crippen molar-refractivity contribution in [1.82, 2.24) is 0 Å². The van der Waals surface area contributed by atoms with Gasteiger partial charge < -0.3 is 0 Å². The summed E-state index contributed by atoms with van der Waals surface area (Å²) in [5.74, 6) is 1.95. The molecule has 0 fully saturated rings. The van der Waals surface area contributed by atoms with E-state index in [4.69, 9.17) is 0 Å². The van der Waals surface area contributed by atoms with Crippen LogP contribution in [0.2, 0.25) is 0 Å². The molecule has 0 aliphatic heterocycles. The third kappa shape index (κ3) is 36.2. The van der Waals surface area contributed by atoms with E-state index in [-0.39, 0.29) is 0 Å². The van der Waals surface area contributed by atoms with Crippen LogP contribution in [0.5, 0.6) is 0 Å². The first-order valence-corrected chi connectivity index (χ1v) is 20.7. The lowest BCUT2D eigenvalue weighted by molar-refractivity contribution is 0.500. The molecule has 1 radical (unpaired) electrons. The predicted molar refractivity (Wildman–Crippen MR) is 196 cm³/mol. The largest absolute Gasteiger partial charge is 0.0654 e. The highest BCUT2D eigenvalue weighted by molar-refractivity contribution is 4.89. The molecule has 0 N–H and O–H groups in total. The molecule has 0 unspecified atom stereocenters. The molecule has 0 saturated carbocycles. The van der Waals surface area contributed by atoms with Gasteiger partial charge in [0.1, 0.15) is 0 Å². The predicted octanol–water partition coefficient (Wildman–Crippen LogP) is 16.4. The van der Waals surface area contributed by atoms with Crippen molar-refractivity contribution in [2.45, 2.75) is 265 Å². The molecular formula is C42H85. The molecule has 0 aromatic carbocycles. The standard InChI is InChI=1S/C42H85/c1-4-7-10-13-16-19-22-24-26-29-32-35-38-41-42(39-36-33-30-27-21-18-15-12-9-6-3)40-37-34-31-28-25-23-20-17-14-11-8-5-2/h4-41H2,1-3H3. The molecule has 0 heteroatoms. The van der Waals surface area contributed by atoms with Gasteiger partial charge in [0.25, 0.3) is 0 Å². The van der Waals surface area contributed by atoms with Crippen molar-refractivity contribution in [2.75, 3.05) is 0 Å². The van der Waals surface area contributed by atoms with Crippen LogP contribution in [0.25, 0.3) is 0 Å². The molecule has 0 saturated heterocycles. The van der Waals surface area contributed by atoms with E-state index in [1.165, 1.54) is 244 Å². The lowest BCUT2D eigenvalue weighted by atomic mass is 9.89. The van der Waals surface area contributed by atoms with E-state index in [1.807, 2.05) is 5.92 Å². The Hall–Kier alpha value is 0. The molecule has 0 amide bonds. The monoisotopic (exact) mass is 590 g/mol. The summed E-state index contributed by atoms with van der Waals surface area (Å²) < 4.78 is 0. The Morgan fingerprint density at radius 1 is 0.190 bits per heavy atom. The van der Waals surface area contributed by atoms with Crippen molar-refractivity contribution in [3.63, 3.8) is 0 Å². The van der Waals surface area contributed by atoms with Gasteiger partial charge in [0, 0.05) is 0 Å². The van der Waals surface area contributed by atoms with Gasteiger partial charge in [0.2, 0.25) is 0 Å². The maximum absolute atomic E-state index is 2.32. The Bertz CT molecular complexity index is 439. The summed E-state index contributed by atoms with van der Waals surface area (Å²) in [6.07, 6.45) is 55.8. The minimum atomic E-state index is 1.37. The summed E-state index contributed by atoms with van der Waals surface area (Å²) in [5.41, 5.74) is 0. The molecule has 42 heavy (non-hydrogen) atoms. The van der Waals surface area contributed by atoms with Crippen molar-refractivity contribution in [3.8, 4) is 0 Å². The Morgan fingerprint density at radius 2 is 0.333 bits per heavy atom. The average Bonchev–Trinajstić information content (AvgIpc) is 3.00. The first kappa shape index (κ1) is 42.0. The van der Waals surface area contributed by atoms with Crippen LogP contribution >= 0.6 is 0 Å². The van der Waals surface area contributed by atoms with Crippen molar-refractivity contribution in [2.24, 2.45) is 0 Å². The van der Waals surface area contributed by atoms with Crippen LogP contribution in [0.1, 0.15) is 265 Å². The molecule has 0 heterocycles.